The molecule has 1 amide bonds. The Kier molecular flexibility index (Phi) is 3.75. The minimum absolute atomic E-state index is 0.102. The van der Waals surface area contributed by atoms with Crippen LogP contribution in [0.3, 0.4) is 0 Å². The highest BCUT2D eigenvalue weighted by atomic mass is 16.5. The van der Waals surface area contributed by atoms with Crippen molar-refractivity contribution < 1.29 is 14.3 Å². The quantitative estimate of drug-likeness (QED) is 0.845. The molecule has 0 saturated heterocycles. The molecule has 1 aromatic heterocycles. The Balaban J connectivity index is 1.94. The van der Waals surface area contributed by atoms with E-state index >= 15 is 0 Å². The number of tetrazole rings is 1. The topological polar surface area (TPSA) is 106 Å². The lowest BCUT2D eigenvalue weighted by Gasteiger charge is -2.08. The molecule has 3 rings (SSSR count). The standard InChI is InChI=1S/C14H14N6O3/c1-8-10(13(21)20(17-8)14-15-18-19-16-14)6-9-4-5-11(22-2)12(7-9)23-3/h4-7H,1-3H3,(H,15,16,18,19)/b10-6-. The van der Waals surface area contributed by atoms with Crippen molar-refractivity contribution in [2.24, 2.45) is 5.10 Å². The normalized spacial score (nSPS) is 16.0. The Morgan fingerprint density at radius 2 is 2.00 bits per heavy atom. The molecule has 1 N–H and O–H groups in total. The van der Waals surface area contributed by atoms with E-state index in [0.717, 1.165) is 10.6 Å². The van der Waals surface area contributed by atoms with Crippen molar-refractivity contribution >= 4 is 23.6 Å². The van der Waals surface area contributed by atoms with Crippen LogP contribution in [-0.4, -0.2) is 46.5 Å². The van der Waals surface area contributed by atoms with Crippen molar-refractivity contribution in [3.63, 3.8) is 0 Å². The number of hydrogen-bond acceptors (Lipinski definition) is 7. The van der Waals surface area contributed by atoms with Crippen molar-refractivity contribution in [2.75, 3.05) is 19.2 Å². The molecule has 2 heterocycles. The summed E-state index contributed by atoms with van der Waals surface area (Å²) in [6, 6.07) is 5.38. The first-order valence-corrected chi connectivity index (χ1v) is 6.71. The van der Waals surface area contributed by atoms with E-state index in [4.69, 9.17) is 9.47 Å². The minimum Gasteiger partial charge on any atom is -0.493 e. The molecule has 0 unspecified atom stereocenters. The highest BCUT2D eigenvalue weighted by Gasteiger charge is 2.31. The van der Waals surface area contributed by atoms with E-state index in [1.807, 2.05) is 6.07 Å². The van der Waals surface area contributed by atoms with E-state index in [2.05, 4.69) is 25.7 Å². The predicted molar refractivity (Wildman–Crippen MR) is 82.3 cm³/mol. The number of hydrogen-bond donors (Lipinski definition) is 1. The third-order valence-electron chi connectivity index (χ3n) is 3.30. The number of rotatable bonds is 4. The molecule has 9 heteroatoms. The highest BCUT2D eigenvalue weighted by molar-refractivity contribution is 6.31. The summed E-state index contributed by atoms with van der Waals surface area (Å²) in [6.45, 7) is 1.74. The van der Waals surface area contributed by atoms with Gasteiger partial charge in [-0.15, -0.1) is 5.10 Å². The molecule has 1 aromatic carbocycles. The van der Waals surface area contributed by atoms with Crippen LogP contribution in [0.25, 0.3) is 6.08 Å². The average Bonchev–Trinajstić information content (AvgIpc) is 3.18. The number of amides is 1. The van der Waals surface area contributed by atoms with Crippen LogP contribution in [0.5, 0.6) is 11.5 Å². The van der Waals surface area contributed by atoms with Crippen molar-refractivity contribution in [1.29, 1.82) is 0 Å². The van der Waals surface area contributed by atoms with Crippen LogP contribution in [0.2, 0.25) is 0 Å². The average molecular weight is 314 g/mol. The Morgan fingerprint density at radius 3 is 2.65 bits per heavy atom. The minimum atomic E-state index is -0.321. The second-order valence-corrected chi connectivity index (χ2v) is 4.69. The fourth-order valence-electron chi connectivity index (χ4n) is 2.18. The molecule has 118 valence electrons. The molecule has 1 aliphatic rings. The number of aromatic nitrogens is 4. The Hall–Kier alpha value is -3.23. The number of H-pyrrole nitrogens is 1. The van der Waals surface area contributed by atoms with Crippen molar-refractivity contribution in [2.45, 2.75) is 6.92 Å². The van der Waals surface area contributed by atoms with Crippen LogP contribution in [-0.2, 0) is 4.79 Å². The summed E-state index contributed by atoms with van der Waals surface area (Å²) in [5.41, 5.74) is 1.80. The van der Waals surface area contributed by atoms with Gasteiger partial charge in [-0.05, 0) is 35.9 Å². The fourth-order valence-corrected chi connectivity index (χ4v) is 2.18. The van der Waals surface area contributed by atoms with Gasteiger partial charge in [-0.25, -0.2) is 0 Å². The Bertz CT molecular complexity index is 797. The maximum atomic E-state index is 12.5. The maximum Gasteiger partial charge on any atom is 0.293 e. The SMILES string of the molecule is COc1ccc(/C=C2\C(=O)N(c3nn[nH]n3)N=C2C)cc1OC. The molecule has 2 aromatic rings. The molecular formula is C14H14N6O3. The lowest BCUT2D eigenvalue weighted by molar-refractivity contribution is -0.114. The molecular weight excluding hydrogens is 300 g/mol. The van der Waals surface area contributed by atoms with Crippen molar-refractivity contribution in [1.82, 2.24) is 20.6 Å². The molecule has 0 bridgehead atoms. The van der Waals surface area contributed by atoms with Crippen molar-refractivity contribution in [3.05, 3.63) is 29.3 Å². The Morgan fingerprint density at radius 1 is 1.22 bits per heavy atom. The van der Waals surface area contributed by atoms with Gasteiger partial charge < -0.3 is 9.47 Å². The first-order valence-electron chi connectivity index (χ1n) is 6.71. The molecule has 0 atom stereocenters. The van der Waals surface area contributed by atoms with Gasteiger partial charge in [-0.1, -0.05) is 11.2 Å². The fraction of sp³-hybridized carbons (Fsp3) is 0.214. The van der Waals surface area contributed by atoms with Crippen LogP contribution in [0, 0.1) is 0 Å². The zero-order valence-electron chi connectivity index (χ0n) is 12.8. The first-order chi connectivity index (χ1) is 11.1. The van der Waals surface area contributed by atoms with E-state index in [-0.39, 0.29) is 11.9 Å². The summed E-state index contributed by atoms with van der Waals surface area (Å²) in [7, 11) is 3.12. The number of methoxy groups -OCH3 is 2. The van der Waals surface area contributed by atoms with Crippen molar-refractivity contribution in [3.8, 4) is 11.5 Å². The third-order valence-corrected chi connectivity index (χ3v) is 3.30. The van der Waals surface area contributed by atoms with Crippen LogP contribution in [0.15, 0.2) is 28.9 Å². The molecule has 23 heavy (non-hydrogen) atoms. The number of hydrazone groups is 1. The van der Waals surface area contributed by atoms with E-state index in [1.54, 1.807) is 39.4 Å². The molecule has 0 aliphatic carbocycles. The van der Waals surface area contributed by atoms with Gasteiger partial charge in [0.05, 0.1) is 25.5 Å². The number of anilines is 1. The van der Waals surface area contributed by atoms with E-state index in [1.165, 1.54) is 0 Å². The van der Waals surface area contributed by atoms with Crippen LogP contribution in [0.4, 0.5) is 5.95 Å². The number of ether oxygens (including phenoxy) is 2. The summed E-state index contributed by atoms with van der Waals surface area (Å²) >= 11 is 0. The number of aromatic amines is 1. The van der Waals surface area contributed by atoms with Gasteiger partial charge in [0.2, 0.25) is 0 Å². The maximum absolute atomic E-state index is 12.5. The van der Waals surface area contributed by atoms with E-state index in [9.17, 15) is 4.79 Å². The second kappa shape index (κ2) is 5.87. The predicted octanol–water partition coefficient (Wildman–Crippen LogP) is 1.02. The van der Waals surface area contributed by atoms with Gasteiger partial charge >= 0.3 is 0 Å². The van der Waals surface area contributed by atoms with Crippen LogP contribution < -0.4 is 14.5 Å². The van der Waals surface area contributed by atoms with Gasteiger partial charge in [0.1, 0.15) is 0 Å². The molecule has 1 aliphatic heterocycles. The van der Waals surface area contributed by atoms with Gasteiger partial charge in [-0.3, -0.25) is 4.79 Å². The summed E-state index contributed by atoms with van der Waals surface area (Å²) in [6.07, 6.45) is 1.73. The summed E-state index contributed by atoms with van der Waals surface area (Å²) in [5, 5.41) is 18.5. The monoisotopic (exact) mass is 314 g/mol. The summed E-state index contributed by atoms with van der Waals surface area (Å²) in [4.78, 5) is 12.5. The van der Waals surface area contributed by atoms with Crippen LogP contribution >= 0.6 is 0 Å². The van der Waals surface area contributed by atoms with Crippen LogP contribution in [0.1, 0.15) is 12.5 Å². The lowest BCUT2D eigenvalue weighted by atomic mass is 10.1. The molecule has 0 fully saturated rings. The van der Waals surface area contributed by atoms with E-state index < -0.39 is 0 Å². The molecule has 0 saturated carbocycles. The highest BCUT2D eigenvalue weighted by Crippen LogP contribution is 2.29. The van der Waals surface area contributed by atoms with Gasteiger partial charge in [0, 0.05) is 0 Å². The summed E-state index contributed by atoms with van der Waals surface area (Å²) < 4.78 is 10.5. The number of carbonyl (C=O) groups is 1. The van der Waals surface area contributed by atoms with E-state index in [0.29, 0.717) is 22.8 Å². The third kappa shape index (κ3) is 2.63. The zero-order chi connectivity index (χ0) is 16.4. The molecule has 9 nitrogen and oxygen atoms in total. The van der Waals surface area contributed by atoms with Gasteiger partial charge in [0.25, 0.3) is 11.9 Å². The number of benzene rings is 1. The Labute approximate surface area is 131 Å². The van der Waals surface area contributed by atoms with Gasteiger partial charge in [0.15, 0.2) is 11.5 Å². The molecule has 0 spiro atoms. The largest absolute Gasteiger partial charge is 0.493 e. The number of nitrogens with one attached hydrogen (secondary N) is 1. The lowest BCUT2D eigenvalue weighted by Crippen LogP contribution is -2.22. The zero-order valence-corrected chi connectivity index (χ0v) is 12.8. The number of carbonyl (C=O) groups excluding carboxylic acids is 1. The number of nitrogens with zero attached hydrogens (tertiary/aromatic N) is 5. The smallest absolute Gasteiger partial charge is 0.293 e. The summed E-state index contributed by atoms with van der Waals surface area (Å²) in [5.74, 6) is 0.979. The molecule has 0 radical (unpaired) electrons. The van der Waals surface area contributed by atoms with Gasteiger partial charge in [-0.2, -0.15) is 15.3 Å². The first kappa shape index (κ1) is 14.7. The second-order valence-electron chi connectivity index (χ2n) is 4.69.